The first-order chi connectivity index (χ1) is 6.75. The number of halogens is 1. The van der Waals surface area contributed by atoms with E-state index in [1.165, 1.54) is 12.8 Å². The Labute approximate surface area is 91.7 Å². The third-order valence-electron chi connectivity index (χ3n) is 2.27. The van der Waals surface area contributed by atoms with Gasteiger partial charge in [-0.2, -0.15) is 0 Å². The highest BCUT2D eigenvalue weighted by Gasteiger charge is 2.21. The lowest BCUT2D eigenvalue weighted by Gasteiger charge is -2.10. The number of hydrogen-bond acceptors (Lipinski definition) is 3. The van der Waals surface area contributed by atoms with Crippen molar-refractivity contribution in [3.05, 3.63) is 28.5 Å². The lowest BCUT2D eigenvalue weighted by molar-refractivity contribution is 0.169. The number of nitrogens with one attached hydrogen (secondary N) is 1. The van der Waals surface area contributed by atoms with Gasteiger partial charge in [0, 0.05) is 23.3 Å². The summed E-state index contributed by atoms with van der Waals surface area (Å²) in [6, 6.07) is 4.35. The molecule has 0 amide bonds. The van der Waals surface area contributed by atoms with E-state index >= 15 is 0 Å². The zero-order chi connectivity index (χ0) is 9.97. The van der Waals surface area contributed by atoms with E-state index in [0.717, 1.165) is 10.2 Å². The molecule has 2 N–H and O–H groups in total. The third kappa shape index (κ3) is 2.77. The molecule has 1 heterocycles. The highest BCUT2D eigenvalue weighted by molar-refractivity contribution is 9.10. The number of aliphatic hydroxyl groups excluding tert-OH is 1. The maximum Gasteiger partial charge on any atom is 0.108 e. The van der Waals surface area contributed by atoms with Gasteiger partial charge in [0.1, 0.15) is 6.10 Å². The van der Waals surface area contributed by atoms with E-state index in [2.05, 4.69) is 26.2 Å². The zero-order valence-corrected chi connectivity index (χ0v) is 9.37. The fraction of sp³-hybridized carbons (Fsp3) is 0.500. The lowest BCUT2D eigenvalue weighted by Crippen LogP contribution is -2.23. The predicted octanol–water partition coefficient (Wildman–Crippen LogP) is 1.63. The average Bonchev–Trinajstić information content (AvgIpc) is 2.99. The van der Waals surface area contributed by atoms with Crippen molar-refractivity contribution in [3.8, 4) is 0 Å². The summed E-state index contributed by atoms with van der Waals surface area (Å²) in [7, 11) is 0. The van der Waals surface area contributed by atoms with Gasteiger partial charge in [0.05, 0.1) is 5.69 Å². The normalized spacial score (nSPS) is 18.1. The monoisotopic (exact) mass is 256 g/mol. The van der Waals surface area contributed by atoms with Gasteiger partial charge in [0.2, 0.25) is 0 Å². The first-order valence-electron chi connectivity index (χ1n) is 4.78. The average molecular weight is 257 g/mol. The van der Waals surface area contributed by atoms with Crippen LogP contribution in [0.1, 0.15) is 24.6 Å². The van der Waals surface area contributed by atoms with Crippen molar-refractivity contribution in [2.45, 2.75) is 25.0 Å². The van der Waals surface area contributed by atoms with Crippen molar-refractivity contribution in [3.63, 3.8) is 0 Å². The van der Waals surface area contributed by atoms with E-state index in [-0.39, 0.29) is 0 Å². The van der Waals surface area contributed by atoms with Crippen LogP contribution in [-0.4, -0.2) is 22.7 Å². The summed E-state index contributed by atoms with van der Waals surface area (Å²) < 4.78 is 0.934. The van der Waals surface area contributed by atoms with Crippen LogP contribution in [0.4, 0.5) is 0 Å². The van der Waals surface area contributed by atoms with Crippen molar-refractivity contribution in [2.24, 2.45) is 0 Å². The van der Waals surface area contributed by atoms with E-state index in [1.54, 1.807) is 6.20 Å². The predicted molar refractivity (Wildman–Crippen MR) is 57.9 cm³/mol. The van der Waals surface area contributed by atoms with Gasteiger partial charge in [-0.3, -0.25) is 4.98 Å². The quantitative estimate of drug-likeness (QED) is 0.861. The molecule has 1 atom stereocenters. The Morgan fingerprint density at radius 1 is 1.57 bits per heavy atom. The molecular formula is C10H13BrN2O. The van der Waals surface area contributed by atoms with E-state index in [4.69, 9.17) is 0 Å². The van der Waals surface area contributed by atoms with Gasteiger partial charge in [-0.15, -0.1) is 0 Å². The number of pyridine rings is 1. The van der Waals surface area contributed by atoms with Crippen LogP contribution in [0.15, 0.2) is 22.8 Å². The molecule has 0 spiro atoms. The second-order valence-electron chi connectivity index (χ2n) is 3.60. The molecule has 76 valence electrons. The van der Waals surface area contributed by atoms with Gasteiger partial charge < -0.3 is 10.4 Å². The van der Waals surface area contributed by atoms with E-state index in [9.17, 15) is 5.11 Å². The number of rotatable bonds is 4. The second-order valence-corrected chi connectivity index (χ2v) is 4.52. The first-order valence-corrected chi connectivity index (χ1v) is 5.58. The van der Waals surface area contributed by atoms with Crippen LogP contribution in [-0.2, 0) is 0 Å². The Morgan fingerprint density at radius 3 is 2.93 bits per heavy atom. The molecule has 0 radical (unpaired) electrons. The second kappa shape index (κ2) is 4.38. The molecule has 1 fully saturated rings. The lowest BCUT2D eigenvalue weighted by atomic mass is 10.2. The van der Waals surface area contributed by atoms with Gasteiger partial charge in [0.25, 0.3) is 0 Å². The summed E-state index contributed by atoms with van der Waals surface area (Å²) in [6.07, 6.45) is 3.68. The fourth-order valence-corrected chi connectivity index (χ4v) is 1.49. The first kappa shape index (κ1) is 10.1. The summed E-state index contributed by atoms with van der Waals surface area (Å²) in [4.78, 5) is 4.14. The Hall–Kier alpha value is -0.450. The molecule has 1 aromatic heterocycles. The minimum absolute atomic E-state index is 0.497. The van der Waals surface area contributed by atoms with Crippen LogP contribution < -0.4 is 5.32 Å². The van der Waals surface area contributed by atoms with Crippen molar-refractivity contribution in [1.82, 2.24) is 10.3 Å². The molecule has 4 heteroatoms. The number of aliphatic hydroxyl groups is 1. The molecule has 0 bridgehead atoms. The van der Waals surface area contributed by atoms with Crippen LogP contribution in [0.2, 0.25) is 0 Å². The SMILES string of the molecule is O[C@H](CNC1CC1)c1ccc(Br)cn1. The van der Waals surface area contributed by atoms with Crippen LogP contribution in [0.3, 0.4) is 0 Å². The highest BCUT2D eigenvalue weighted by atomic mass is 79.9. The summed E-state index contributed by atoms with van der Waals surface area (Å²) >= 11 is 3.31. The standard InChI is InChI=1S/C10H13BrN2O/c11-7-1-4-9(13-5-7)10(14)6-12-8-2-3-8/h1,4-5,8,10,12,14H,2-3,6H2/t10-/m1/s1. The molecule has 0 unspecified atom stereocenters. The van der Waals surface area contributed by atoms with Crippen LogP contribution in [0, 0.1) is 0 Å². The Bertz CT molecular complexity index is 297. The van der Waals surface area contributed by atoms with Crippen LogP contribution >= 0.6 is 15.9 Å². The van der Waals surface area contributed by atoms with E-state index in [1.807, 2.05) is 12.1 Å². The molecule has 1 aliphatic carbocycles. The van der Waals surface area contributed by atoms with E-state index < -0.39 is 6.10 Å². The van der Waals surface area contributed by atoms with Crippen molar-refractivity contribution < 1.29 is 5.11 Å². The van der Waals surface area contributed by atoms with Crippen LogP contribution in [0.5, 0.6) is 0 Å². The molecule has 1 saturated carbocycles. The third-order valence-corrected chi connectivity index (χ3v) is 2.74. The minimum atomic E-state index is -0.497. The summed E-state index contributed by atoms with van der Waals surface area (Å²) in [5, 5.41) is 13.0. The zero-order valence-electron chi connectivity index (χ0n) is 7.78. The molecule has 0 saturated heterocycles. The molecule has 0 aromatic carbocycles. The minimum Gasteiger partial charge on any atom is -0.385 e. The maximum atomic E-state index is 9.75. The van der Waals surface area contributed by atoms with Gasteiger partial charge in [0.15, 0.2) is 0 Å². The van der Waals surface area contributed by atoms with Crippen molar-refractivity contribution >= 4 is 15.9 Å². The number of hydrogen-bond donors (Lipinski definition) is 2. The Morgan fingerprint density at radius 2 is 2.36 bits per heavy atom. The highest BCUT2D eigenvalue weighted by Crippen LogP contribution is 2.20. The number of nitrogens with zero attached hydrogens (tertiary/aromatic N) is 1. The molecule has 14 heavy (non-hydrogen) atoms. The largest absolute Gasteiger partial charge is 0.385 e. The molecule has 3 nitrogen and oxygen atoms in total. The molecule has 2 rings (SSSR count). The van der Waals surface area contributed by atoms with Gasteiger partial charge >= 0.3 is 0 Å². The topological polar surface area (TPSA) is 45.1 Å². The molecular weight excluding hydrogens is 244 g/mol. The summed E-state index contributed by atoms with van der Waals surface area (Å²) in [5.74, 6) is 0. The van der Waals surface area contributed by atoms with Gasteiger partial charge in [-0.05, 0) is 40.9 Å². The van der Waals surface area contributed by atoms with Gasteiger partial charge in [-0.1, -0.05) is 0 Å². The summed E-state index contributed by atoms with van der Waals surface area (Å²) in [5.41, 5.74) is 0.723. The number of aromatic nitrogens is 1. The molecule has 0 aliphatic heterocycles. The smallest absolute Gasteiger partial charge is 0.108 e. The van der Waals surface area contributed by atoms with E-state index in [0.29, 0.717) is 12.6 Å². The Balaban J connectivity index is 1.88. The Kier molecular flexibility index (Phi) is 3.15. The fourth-order valence-electron chi connectivity index (χ4n) is 1.25. The van der Waals surface area contributed by atoms with Crippen LogP contribution in [0.25, 0.3) is 0 Å². The summed E-state index contributed by atoms with van der Waals surface area (Å²) in [6.45, 7) is 0.597. The van der Waals surface area contributed by atoms with Crippen molar-refractivity contribution in [2.75, 3.05) is 6.54 Å². The van der Waals surface area contributed by atoms with Crippen molar-refractivity contribution in [1.29, 1.82) is 0 Å². The maximum absolute atomic E-state index is 9.75. The molecule has 1 aromatic rings. The molecule has 1 aliphatic rings. The van der Waals surface area contributed by atoms with Gasteiger partial charge in [-0.25, -0.2) is 0 Å².